The molecule has 1 aromatic rings. The summed E-state index contributed by atoms with van der Waals surface area (Å²) in [7, 11) is 0. The Morgan fingerprint density at radius 1 is 1.80 bits per heavy atom. The summed E-state index contributed by atoms with van der Waals surface area (Å²) in [4.78, 5) is 13.7. The fourth-order valence-corrected chi connectivity index (χ4v) is 1.17. The van der Waals surface area contributed by atoms with E-state index in [0.717, 1.165) is 5.69 Å². The first-order chi connectivity index (χ1) is 4.93. The Bertz CT molecular complexity index is 186. The van der Waals surface area contributed by atoms with Crippen LogP contribution >= 0.6 is 11.3 Å². The highest BCUT2D eigenvalue weighted by Crippen LogP contribution is 2.00. The number of thiazole rings is 1. The van der Waals surface area contributed by atoms with Crippen molar-refractivity contribution in [2.45, 2.75) is 6.42 Å². The standard InChI is InChI=1S/C6H7NO2S/c8-5-9-2-1-6-3-10-4-7-6/h3-5H,1-2H2. The van der Waals surface area contributed by atoms with Crippen LogP contribution in [-0.2, 0) is 16.0 Å². The summed E-state index contributed by atoms with van der Waals surface area (Å²) >= 11 is 1.54. The number of ether oxygens (including phenoxy) is 1. The van der Waals surface area contributed by atoms with Crippen LogP contribution in [0.1, 0.15) is 5.69 Å². The van der Waals surface area contributed by atoms with Crippen molar-refractivity contribution < 1.29 is 9.53 Å². The molecule has 4 heteroatoms. The monoisotopic (exact) mass is 157 g/mol. The summed E-state index contributed by atoms with van der Waals surface area (Å²) in [6, 6.07) is 0. The third-order valence-electron chi connectivity index (χ3n) is 1.03. The number of aromatic nitrogens is 1. The lowest BCUT2D eigenvalue weighted by Gasteiger charge is -1.92. The van der Waals surface area contributed by atoms with Crippen molar-refractivity contribution in [1.82, 2.24) is 4.98 Å². The molecule has 0 aliphatic heterocycles. The lowest BCUT2D eigenvalue weighted by molar-refractivity contribution is -0.128. The highest BCUT2D eigenvalue weighted by Gasteiger charge is 1.92. The predicted molar refractivity (Wildman–Crippen MR) is 37.8 cm³/mol. The molecule has 1 rings (SSSR count). The van der Waals surface area contributed by atoms with Gasteiger partial charge in [0.05, 0.1) is 17.8 Å². The van der Waals surface area contributed by atoms with E-state index < -0.39 is 0 Å². The molecule has 0 bridgehead atoms. The summed E-state index contributed by atoms with van der Waals surface area (Å²) in [6.45, 7) is 0.875. The lowest BCUT2D eigenvalue weighted by atomic mass is 10.4. The van der Waals surface area contributed by atoms with Crippen molar-refractivity contribution in [3.05, 3.63) is 16.6 Å². The van der Waals surface area contributed by atoms with Gasteiger partial charge in [-0.2, -0.15) is 0 Å². The van der Waals surface area contributed by atoms with Gasteiger partial charge in [-0.25, -0.2) is 4.98 Å². The molecule has 10 heavy (non-hydrogen) atoms. The van der Waals surface area contributed by atoms with Crippen LogP contribution < -0.4 is 0 Å². The summed E-state index contributed by atoms with van der Waals surface area (Å²) in [5, 5.41) is 1.94. The van der Waals surface area contributed by atoms with E-state index in [2.05, 4.69) is 9.72 Å². The molecule has 3 nitrogen and oxygen atoms in total. The Morgan fingerprint density at radius 3 is 3.30 bits per heavy atom. The van der Waals surface area contributed by atoms with Gasteiger partial charge < -0.3 is 4.74 Å². The minimum absolute atomic E-state index is 0.424. The number of rotatable bonds is 4. The van der Waals surface area contributed by atoms with Gasteiger partial charge in [0, 0.05) is 11.8 Å². The zero-order valence-corrected chi connectivity index (χ0v) is 6.13. The predicted octanol–water partition coefficient (Wildman–Crippen LogP) is 0.859. The van der Waals surface area contributed by atoms with Gasteiger partial charge in [-0.05, 0) is 0 Å². The highest BCUT2D eigenvalue weighted by molar-refractivity contribution is 7.07. The minimum atomic E-state index is 0.424. The number of hydrogen-bond donors (Lipinski definition) is 0. The van der Waals surface area contributed by atoms with Crippen molar-refractivity contribution in [2.24, 2.45) is 0 Å². The zero-order valence-electron chi connectivity index (χ0n) is 5.32. The van der Waals surface area contributed by atoms with E-state index in [4.69, 9.17) is 0 Å². The third kappa shape index (κ3) is 2.14. The summed E-state index contributed by atoms with van der Waals surface area (Å²) in [6.07, 6.45) is 0.711. The zero-order chi connectivity index (χ0) is 7.23. The molecule has 0 aliphatic rings. The summed E-state index contributed by atoms with van der Waals surface area (Å²) in [5.74, 6) is 0. The topological polar surface area (TPSA) is 39.2 Å². The van der Waals surface area contributed by atoms with Gasteiger partial charge >= 0.3 is 0 Å². The van der Waals surface area contributed by atoms with E-state index in [1.54, 1.807) is 16.8 Å². The van der Waals surface area contributed by atoms with Crippen LogP contribution in [0, 0.1) is 0 Å². The number of nitrogens with zero attached hydrogens (tertiary/aromatic N) is 1. The molecular formula is C6H7NO2S. The van der Waals surface area contributed by atoms with Crippen molar-refractivity contribution in [1.29, 1.82) is 0 Å². The van der Waals surface area contributed by atoms with E-state index in [1.807, 2.05) is 5.38 Å². The van der Waals surface area contributed by atoms with Crippen molar-refractivity contribution in [3.8, 4) is 0 Å². The van der Waals surface area contributed by atoms with Crippen molar-refractivity contribution >= 4 is 17.8 Å². The molecule has 0 aromatic carbocycles. The van der Waals surface area contributed by atoms with Gasteiger partial charge in [-0.3, -0.25) is 4.79 Å². The van der Waals surface area contributed by atoms with Crippen LogP contribution in [0.15, 0.2) is 10.9 Å². The van der Waals surface area contributed by atoms with E-state index >= 15 is 0 Å². The van der Waals surface area contributed by atoms with Gasteiger partial charge in [-0.15, -0.1) is 11.3 Å². The van der Waals surface area contributed by atoms with Crippen LogP contribution in [-0.4, -0.2) is 18.1 Å². The number of hydrogen-bond acceptors (Lipinski definition) is 4. The van der Waals surface area contributed by atoms with E-state index in [1.165, 1.54) is 0 Å². The van der Waals surface area contributed by atoms with Gasteiger partial charge in [0.25, 0.3) is 6.47 Å². The first-order valence-electron chi connectivity index (χ1n) is 2.86. The largest absolute Gasteiger partial charge is 0.467 e. The Balaban J connectivity index is 2.21. The maximum atomic E-state index is 9.69. The quantitative estimate of drug-likeness (QED) is 0.480. The van der Waals surface area contributed by atoms with E-state index in [-0.39, 0.29) is 0 Å². The van der Waals surface area contributed by atoms with Gasteiger partial charge in [0.1, 0.15) is 0 Å². The molecule has 0 saturated heterocycles. The molecule has 1 aromatic heterocycles. The molecule has 0 fully saturated rings. The molecule has 0 saturated carbocycles. The summed E-state index contributed by atoms with van der Waals surface area (Å²) < 4.78 is 4.49. The average molecular weight is 157 g/mol. The number of carbonyl (C=O) groups is 1. The minimum Gasteiger partial charge on any atom is -0.467 e. The number of carbonyl (C=O) groups excluding carboxylic acids is 1. The van der Waals surface area contributed by atoms with Gasteiger partial charge in [-0.1, -0.05) is 0 Å². The third-order valence-corrected chi connectivity index (χ3v) is 1.66. The Kier molecular flexibility index (Phi) is 2.89. The SMILES string of the molecule is O=COCCc1cscn1. The van der Waals surface area contributed by atoms with Crippen LogP contribution in [0.25, 0.3) is 0 Å². The van der Waals surface area contributed by atoms with Crippen LogP contribution in [0.3, 0.4) is 0 Å². The van der Waals surface area contributed by atoms with E-state index in [0.29, 0.717) is 19.5 Å². The van der Waals surface area contributed by atoms with Crippen molar-refractivity contribution in [2.75, 3.05) is 6.61 Å². The second kappa shape index (κ2) is 4.00. The second-order valence-electron chi connectivity index (χ2n) is 1.70. The molecular weight excluding hydrogens is 150 g/mol. The molecule has 0 radical (unpaired) electrons. The Labute approximate surface area is 62.7 Å². The molecule has 0 atom stereocenters. The second-order valence-corrected chi connectivity index (χ2v) is 2.42. The molecule has 0 aliphatic carbocycles. The first-order valence-corrected chi connectivity index (χ1v) is 3.80. The fraction of sp³-hybridized carbons (Fsp3) is 0.333. The maximum absolute atomic E-state index is 9.69. The summed E-state index contributed by atoms with van der Waals surface area (Å²) in [5.41, 5.74) is 2.74. The van der Waals surface area contributed by atoms with Gasteiger partial charge in [0.2, 0.25) is 0 Å². The fourth-order valence-electron chi connectivity index (χ4n) is 0.573. The molecule has 0 spiro atoms. The molecule has 0 unspecified atom stereocenters. The molecule has 0 N–H and O–H groups in total. The van der Waals surface area contributed by atoms with Gasteiger partial charge in [0.15, 0.2) is 0 Å². The van der Waals surface area contributed by atoms with Crippen molar-refractivity contribution in [3.63, 3.8) is 0 Å². The average Bonchev–Trinajstić information content (AvgIpc) is 2.41. The van der Waals surface area contributed by atoms with Crippen LogP contribution in [0.5, 0.6) is 0 Å². The lowest BCUT2D eigenvalue weighted by Crippen LogP contribution is -1.95. The normalized spacial score (nSPS) is 9.20. The van der Waals surface area contributed by atoms with E-state index in [9.17, 15) is 4.79 Å². The Hall–Kier alpha value is -0.900. The molecule has 54 valence electrons. The first kappa shape index (κ1) is 7.21. The van der Waals surface area contributed by atoms with Crippen LogP contribution in [0.2, 0.25) is 0 Å². The highest BCUT2D eigenvalue weighted by atomic mass is 32.1. The smallest absolute Gasteiger partial charge is 0.293 e. The maximum Gasteiger partial charge on any atom is 0.293 e. The van der Waals surface area contributed by atoms with Crippen LogP contribution in [0.4, 0.5) is 0 Å². The Morgan fingerprint density at radius 2 is 2.70 bits per heavy atom. The molecule has 0 amide bonds. The molecule has 1 heterocycles.